The number of fused-ring (bicyclic) bond motifs is 1. The maximum atomic E-state index is 11.7. The number of ether oxygens (including phenoxy) is 1. The second-order valence-electron chi connectivity index (χ2n) is 10.6. The molecular weight excluding hydrogens is 498 g/mol. The summed E-state index contributed by atoms with van der Waals surface area (Å²) in [5.41, 5.74) is 4.70. The lowest BCUT2D eigenvalue weighted by atomic mass is 10.00. The van der Waals surface area contributed by atoms with Gasteiger partial charge in [-0.15, -0.1) is 0 Å². The van der Waals surface area contributed by atoms with E-state index in [9.17, 15) is 15.0 Å². The molecule has 0 unspecified atom stereocenters. The molecule has 0 saturated heterocycles. The number of carbonyl (C=O) groups is 1. The first-order chi connectivity index (χ1) is 18.4. The number of aryl methyl sites for hydroxylation is 2. The predicted octanol–water partition coefficient (Wildman–Crippen LogP) is 5.42. The monoisotopic (exact) mass is 529 g/mol. The van der Waals surface area contributed by atoms with E-state index in [2.05, 4.69) is 10.3 Å². The highest BCUT2D eigenvalue weighted by Gasteiger charge is 2.22. The zero-order valence-electron chi connectivity index (χ0n) is 22.8. The summed E-state index contributed by atoms with van der Waals surface area (Å²) in [6.45, 7) is 11.3. The molecule has 0 radical (unpaired) electrons. The Hall–Kier alpha value is -4.44. The zero-order valence-corrected chi connectivity index (χ0v) is 22.8. The minimum atomic E-state index is -1.03. The highest BCUT2D eigenvalue weighted by Crippen LogP contribution is 2.40. The lowest BCUT2D eigenvalue weighted by molar-refractivity contribution is 0.0577. The van der Waals surface area contributed by atoms with E-state index in [4.69, 9.17) is 14.2 Å². The number of benzene rings is 1. The molecule has 0 fully saturated rings. The van der Waals surface area contributed by atoms with Crippen molar-refractivity contribution in [2.45, 2.75) is 59.8 Å². The number of aliphatic hydroxyl groups is 1. The summed E-state index contributed by atoms with van der Waals surface area (Å²) in [6.07, 6.45) is 7.14. The number of aromatic carboxylic acids is 1. The van der Waals surface area contributed by atoms with Crippen LogP contribution in [0.1, 0.15) is 49.5 Å². The molecule has 4 heterocycles. The van der Waals surface area contributed by atoms with Crippen LogP contribution >= 0.6 is 0 Å². The van der Waals surface area contributed by atoms with Gasteiger partial charge in [0.2, 0.25) is 0 Å². The molecule has 2 N–H and O–H groups in total. The third-order valence-corrected chi connectivity index (χ3v) is 6.29. The molecule has 1 aromatic carbocycles. The van der Waals surface area contributed by atoms with E-state index in [0.717, 1.165) is 39.0 Å². The molecule has 0 spiro atoms. The Morgan fingerprint density at radius 3 is 2.54 bits per heavy atom. The van der Waals surface area contributed by atoms with E-state index in [1.807, 2.05) is 50.7 Å². The van der Waals surface area contributed by atoms with Gasteiger partial charge in [-0.05, 0) is 65.8 Å². The van der Waals surface area contributed by atoms with Crippen LogP contribution in [0.4, 0.5) is 0 Å². The quantitative estimate of drug-likeness (QED) is 0.273. The van der Waals surface area contributed by atoms with Crippen LogP contribution in [0, 0.1) is 13.8 Å². The fraction of sp³-hybridized carbons (Fsp3) is 0.310. The Morgan fingerprint density at radius 2 is 1.90 bits per heavy atom. The van der Waals surface area contributed by atoms with Crippen molar-refractivity contribution in [1.82, 2.24) is 24.5 Å². The Morgan fingerprint density at radius 1 is 1.13 bits per heavy atom. The third-order valence-electron chi connectivity index (χ3n) is 6.29. The summed E-state index contributed by atoms with van der Waals surface area (Å²) in [7, 11) is 0. The molecule has 0 saturated carbocycles. The van der Waals surface area contributed by atoms with Crippen LogP contribution in [0.5, 0.6) is 5.75 Å². The van der Waals surface area contributed by atoms with Crippen molar-refractivity contribution < 1.29 is 24.3 Å². The lowest BCUT2D eigenvalue weighted by Crippen LogP contribution is -2.26. The average molecular weight is 530 g/mol. The van der Waals surface area contributed by atoms with Gasteiger partial charge in [-0.3, -0.25) is 9.25 Å². The smallest absolute Gasteiger partial charge is 0.335 e. The van der Waals surface area contributed by atoms with Gasteiger partial charge in [0.15, 0.2) is 0 Å². The lowest BCUT2D eigenvalue weighted by Gasteiger charge is -2.16. The van der Waals surface area contributed by atoms with E-state index < -0.39 is 11.6 Å². The Labute approximate surface area is 225 Å². The number of hydrogen-bond acceptors (Lipinski definition) is 7. The van der Waals surface area contributed by atoms with Gasteiger partial charge < -0.3 is 19.5 Å². The van der Waals surface area contributed by atoms with Gasteiger partial charge in [0, 0.05) is 46.2 Å². The minimum absolute atomic E-state index is 0.139. The van der Waals surface area contributed by atoms with Crippen molar-refractivity contribution in [3.05, 3.63) is 66.1 Å². The van der Waals surface area contributed by atoms with Gasteiger partial charge in [0.05, 0.1) is 41.4 Å². The summed E-state index contributed by atoms with van der Waals surface area (Å²) in [5, 5.41) is 29.2. The van der Waals surface area contributed by atoms with Gasteiger partial charge in [-0.2, -0.15) is 5.10 Å². The van der Waals surface area contributed by atoms with E-state index in [-0.39, 0.29) is 11.7 Å². The number of hydrogen-bond donors (Lipinski definition) is 2. The van der Waals surface area contributed by atoms with E-state index in [0.29, 0.717) is 23.7 Å². The van der Waals surface area contributed by atoms with Gasteiger partial charge >= 0.3 is 5.97 Å². The first kappa shape index (κ1) is 26.2. The molecule has 4 aromatic heterocycles. The number of nitrogens with zero attached hydrogens (tertiary/aromatic N) is 5. The van der Waals surface area contributed by atoms with Crippen LogP contribution in [0.15, 0.2) is 53.6 Å². The standard InChI is InChI=1S/C29H31N5O5/c1-16(2)38-25-10-19(28(35)36)7-8-22(25)24-14-34(21-12-31-33(13-21)15-29(5,6)37)27-23(24)9-20(11-30-27)26-17(3)32-39-18(26)4/h7-14,16,37H,15H2,1-6H3,(H,35,36). The third kappa shape index (κ3) is 5.15. The van der Waals surface area contributed by atoms with Crippen molar-refractivity contribution in [1.29, 1.82) is 0 Å². The molecule has 0 atom stereocenters. The highest BCUT2D eigenvalue weighted by molar-refractivity contribution is 5.99. The fourth-order valence-electron chi connectivity index (χ4n) is 4.74. The topological polar surface area (TPSA) is 128 Å². The van der Waals surface area contributed by atoms with Gasteiger partial charge in [0.1, 0.15) is 17.2 Å². The maximum absolute atomic E-state index is 11.7. The number of aromatic nitrogens is 5. The first-order valence-corrected chi connectivity index (χ1v) is 12.6. The summed E-state index contributed by atoms with van der Waals surface area (Å²) >= 11 is 0. The van der Waals surface area contributed by atoms with Gasteiger partial charge in [-0.1, -0.05) is 5.16 Å². The molecule has 5 rings (SSSR count). The van der Waals surface area contributed by atoms with Crippen molar-refractivity contribution in [2.24, 2.45) is 0 Å². The second-order valence-corrected chi connectivity index (χ2v) is 10.6. The molecule has 0 amide bonds. The van der Waals surface area contributed by atoms with Crippen molar-refractivity contribution in [3.63, 3.8) is 0 Å². The van der Waals surface area contributed by atoms with E-state index >= 15 is 0 Å². The number of rotatable bonds is 8. The number of carboxylic acid groups (broad SMARTS) is 1. The van der Waals surface area contributed by atoms with Crippen molar-refractivity contribution >= 4 is 17.0 Å². The van der Waals surface area contributed by atoms with E-state index in [1.165, 1.54) is 0 Å². The first-order valence-electron chi connectivity index (χ1n) is 12.6. The maximum Gasteiger partial charge on any atom is 0.335 e. The van der Waals surface area contributed by atoms with Crippen LogP contribution in [0.2, 0.25) is 0 Å². The Bertz CT molecular complexity index is 1670. The molecule has 10 nitrogen and oxygen atoms in total. The molecule has 0 aliphatic carbocycles. The molecule has 202 valence electrons. The Kier molecular flexibility index (Phi) is 6.51. The molecule has 0 aliphatic rings. The Balaban J connectivity index is 1.75. The molecule has 5 aromatic rings. The van der Waals surface area contributed by atoms with Gasteiger partial charge in [-0.25, -0.2) is 9.78 Å². The minimum Gasteiger partial charge on any atom is -0.490 e. The molecular formula is C29H31N5O5. The van der Waals surface area contributed by atoms with Crippen LogP contribution in [-0.2, 0) is 6.54 Å². The van der Waals surface area contributed by atoms with Crippen LogP contribution in [-0.4, -0.2) is 52.4 Å². The largest absolute Gasteiger partial charge is 0.490 e. The predicted molar refractivity (Wildman–Crippen MR) is 146 cm³/mol. The SMILES string of the molecule is Cc1noc(C)c1-c1cnc2c(c1)c(-c1ccc(C(=O)O)cc1OC(C)C)cn2-c1cnn(CC(C)(C)O)c1. The molecule has 0 bridgehead atoms. The van der Waals surface area contributed by atoms with Crippen molar-refractivity contribution in [2.75, 3.05) is 0 Å². The zero-order chi connectivity index (χ0) is 28.1. The summed E-state index contributed by atoms with van der Waals surface area (Å²) < 4.78 is 15.1. The molecule has 10 heteroatoms. The summed E-state index contributed by atoms with van der Waals surface area (Å²) in [5.74, 6) is 0.126. The second kappa shape index (κ2) is 9.70. The average Bonchev–Trinajstić information content (AvgIpc) is 3.54. The van der Waals surface area contributed by atoms with Crippen LogP contribution in [0.25, 0.3) is 39.0 Å². The number of pyridine rings is 1. The van der Waals surface area contributed by atoms with E-state index in [1.54, 1.807) is 49.1 Å². The summed E-state index contributed by atoms with van der Waals surface area (Å²) in [4.78, 5) is 16.6. The normalized spacial score (nSPS) is 12.0. The molecule has 0 aliphatic heterocycles. The molecule has 39 heavy (non-hydrogen) atoms. The van der Waals surface area contributed by atoms with Crippen LogP contribution in [0.3, 0.4) is 0 Å². The summed E-state index contributed by atoms with van der Waals surface area (Å²) in [6, 6.07) is 6.92. The highest BCUT2D eigenvalue weighted by atomic mass is 16.5. The number of carboxylic acids is 1. The fourth-order valence-corrected chi connectivity index (χ4v) is 4.74. The van der Waals surface area contributed by atoms with Crippen molar-refractivity contribution in [3.8, 4) is 33.7 Å². The van der Waals surface area contributed by atoms with Gasteiger partial charge in [0.25, 0.3) is 0 Å². The van der Waals surface area contributed by atoms with Crippen LogP contribution < -0.4 is 4.74 Å².